The lowest BCUT2D eigenvalue weighted by Crippen LogP contribution is -2.57. The van der Waals surface area contributed by atoms with Gasteiger partial charge in [-0.1, -0.05) is 12.1 Å². The molecule has 120 valence electrons. The zero-order valence-electron chi connectivity index (χ0n) is 12.9. The Morgan fingerprint density at radius 2 is 2.00 bits per heavy atom. The molecule has 5 heteroatoms. The molecule has 5 rings (SSSR count). The molecule has 3 fully saturated rings. The summed E-state index contributed by atoms with van der Waals surface area (Å²) >= 11 is 1.52. The van der Waals surface area contributed by atoms with Crippen molar-refractivity contribution in [1.29, 1.82) is 0 Å². The Balaban J connectivity index is 1.50. The molecule has 0 radical (unpaired) electrons. The molecule has 3 aliphatic heterocycles. The van der Waals surface area contributed by atoms with E-state index in [2.05, 4.69) is 10.2 Å². The smallest absolute Gasteiger partial charge is 0.255 e. The summed E-state index contributed by atoms with van der Waals surface area (Å²) in [6.45, 7) is 3.33. The van der Waals surface area contributed by atoms with Crippen LogP contribution in [-0.2, 0) is 0 Å². The average Bonchev–Trinajstić information content (AvgIpc) is 3.09. The number of thiophene rings is 1. The lowest BCUT2D eigenvalue weighted by molar-refractivity contribution is 0.0619. The molecule has 1 aromatic heterocycles. The molecule has 0 spiro atoms. The van der Waals surface area contributed by atoms with E-state index in [0.717, 1.165) is 11.6 Å². The van der Waals surface area contributed by atoms with Gasteiger partial charge in [-0.3, -0.25) is 4.79 Å². The highest BCUT2D eigenvalue weighted by Crippen LogP contribution is 2.30. The molecule has 3 aliphatic rings. The topological polar surface area (TPSA) is 41.6 Å². The summed E-state index contributed by atoms with van der Waals surface area (Å²) < 4.78 is 5.87. The normalized spacial score (nSPS) is 26.0. The van der Waals surface area contributed by atoms with E-state index in [1.54, 1.807) is 0 Å². The first-order chi connectivity index (χ1) is 11.3. The number of amides is 1. The number of hydrogen-bond acceptors (Lipinski definition) is 4. The second-order valence-electron chi connectivity index (χ2n) is 6.25. The van der Waals surface area contributed by atoms with Gasteiger partial charge in [0.05, 0.1) is 5.56 Å². The van der Waals surface area contributed by atoms with Crippen LogP contribution in [0.15, 0.2) is 41.8 Å². The van der Waals surface area contributed by atoms with Gasteiger partial charge in [-0.25, -0.2) is 0 Å². The summed E-state index contributed by atoms with van der Waals surface area (Å²) in [5.41, 5.74) is 0.609. The van der Waals surface area contributed by atoms with Crippen molar-refractivity contribution in [2.45, 2.75) is 18.9 Å². The van der Waals surface area contributed by atoms with Crippen molar-refractivity contribution < 1.29 is 9.53 Å². The third-order valence-corrected chi connectivity index (χ3v) is 5.55. The molecule has 23 heavy (non-hydrogen) atoms. The molecule has 1 atom stereocenters. The standard InChI is InChI=1S/C18H20N2O2S/c21-18(19-15-12-20-9-7-13(15)8-10-20)14-4-1-2-5-16(14)22-17-6-3-11-23-17/h1-6,11,13,15H,7-10,12H2,(H,19,21)/t15-/m0/s1. The summed E-state index contributed by atoms with van der Waals surface area (Å²) in [7, 11) is 0. The van der Waals surface area contributed by atoms with Crippen LogP contribution in [0, 0.1) is 5.92 Å². The average molecular weight is 328 g/mol. The number of fused-ring (bicyclic) bond motifs is 3. The maximum absolute atomic E-state index is 12.7. The first kappa shape index (κ1) is 14.7. The monoisotopic (exact) mass is 328 g/mol. The van der Waals surface area contributed by atoms with E-state index in [1.165, 1.54) is 37.3 Å². The van der Waals surface area contributed by atoms with E-state index < -0.39 is 0 Å². The lowest BCUT2D eigenvalue weighted by Gasteiger charge is -2.44. The van der Waals surface area contributed by atoms with Crippen LogP contribution < -0.4 is 10.1 Å². The fourth-order valence-corrected chi connectivity index (χ4v) is 4.13. The zero-order chi connectivity index (χ0) is 15.6. The summed E-state index contributed by atoms with van der Waals surface area (Å²) in [6, 6.07) is 11.6. The number of hydrogen-bond donors (Lipinski definition) is 1. The SMILES string of the molecule is O=C(N[C@H]1CN2CCC1CC2)c1ccccc1Oc1cccs1. The minimum absolute atomic E-state index is 0.0316. The first-order valence-corrected chi connectivity index (χ1v) is 9.01. The number of ether oxygens (including phenoxy) is 1. The molecule has 4 nitrogen and oxygen atoms in total. The number of piperidine rings is 3. The predicted octanol–water partition coefficient (Wildman–Crippen LogP) is 3.36. The van der Waals surface area contributed by atoms with E-state index in [0.29, 0.717) is 17.2 Å². The van der Waals surface area contributed by atoms with Gasteiger partial charge in [-0.2, -0.15) is 0 Å². The Hall–Kier alpha value is -1.85. The first-order valence-electron chi connectivity index (χ1n) is 8.13. The van der Waals surface area contributed by atoms with Crippen LogP contribution in [0.5, 0.6) is 10.8 Å². The van der Waals surface area contributed by atoms with Gasteiger partial charge in [0.25, 0.3) is 5.91 Å². The third kappa shape index (κ3) is 3.12. The predicted molar refractivity (Wildman–Crippen MR) is 91.3 cm³/mol. The van der Waals surface area contributed by atoms with E-state index in [1.807, 2.05) is 41.8 Å². The molecular weight excluding hydrogens is 308 g/mol. The fourth-order valence-electron chi connectivity index (χ4n) is 3.55. The van der Waals surface area contributed by atoms with Crippen LogP contribution in [0.2, 0.25) is 0 Å². The molecule has 2 bridgehead atoms. The largest absolute Gasteiger partial charge is 0.446 e. The third-order valence-electron chi connectivity index (χ3n) is 4.81. The van der Waals surface area contributed by atoms with Crippen molar-refractivity contribution in [1.82, 2.24) is 10.2 Å². The van der Waals surface area contributed by atoms with Crippen molar-refractivity contribution in [2.24, 2.45) is 5.92 Å². The Morgan fingerprint density at radius 1 is 1.17 bits per heavy atom. The van der Waals surface area contributed by atoms with E-state index in [-0.39, 0.29) is 11.9 Å². The Morgan fingerprint density at radius 3 is 2.70 bits per heavy atom. The minimum Gasteiger partial charge on any atom is -0.446 e. The van der Waals surface area contributed by atoms with Gasteiger partial charge >= 0.3 is 0 Å². The second kappa shape index (κ2) is 6.34. The van der Waals surface area contributed by atoms with Crippen LogP contribution in [0.3, 0.4) is 0 Å². The van der Waals surface area contributed by atoms with Gasteiger partial charge in [-0.15, -0.1) is 11.3 Å². The molecule has 0 unspecified atom stereocenters. The number of carbonyl (C=O) groups excluding carboxylic acids is 1. The number of nitrogens with zero attached hydrogens (tertiary/aromatic N) is 1. The number of para-hydroxylation sites is 1. The van der Waals surface area contributed by atoms with Crippen LogP contribution in [0.4, 0.5) is 0 Å². The molecule has 3 saturated heterocycles. The molecular formula is C18H20N2O2S. The summed E-state index contributed by atoms with van der Waals surface area (Å²) in [6.07, 6.45) is 2.39. The molecule has 2 aromatic rings. The van der Waals surface area contributed by atoms with Gasteiger partial charge in [0, 0.05) is 12.6 Å². The quantitative estimate of drug-likeness (QED) is 0.936. The van der Waals surface area contributed by atoms with Crippen molar-refractivity contribution in [2.75, 3.05) is 19.6 Å². The Labute approximate surface area is 140 Å². The maximum Gasteiger partial charge on any atom is 0.255 e. The second-order valence-corrected chi connectivity index (χ2v) is 7.16. The maximum atomic E-state index is 12.7. The van der Waals surface area contributed by atoms with Crippen LogP contribution >= 0.6 is 11.3 Å². The number of benzene rings is 1. The molecule has 0 aliphatic carbocycles. The number of rotatable bonds is 4. The molecule has 1 N–H and O–H groups in total. The van der Waals surface area contributed by atoms with Crippen molar-refractivity contribution in [3.05, 3.63) is 47.3 Å². The summed E-state index contributed by atoms with van der Waals surface area (Å²) in [4.78, 5) is 15.2. The fraction of sp³-hybridized carbons (Fsp3) is 0.389. The van der Waals surface area contributed by atoms with E-state index in [9.17, 15) is 4.79 Å². The summed E-state index contributed by atoms with van der Waals surface area (Å²) in [5, 5.41) is 5.99. The molecule has 1 aromatic carbocycles. The molecule has 4 heterocycles. The van der Waals surface area contributed by atoms with E-state index >= 15 is 0 Å². The highest BCUT2D eigenvalue weighted by atomic mass is 32.1. The van der Waals surface area contributed by atoms with E-state index in [4.69, 9.17) is 4.74 Å². The Bertz CT molecular complexity index is 678. The van der Waals surface area contributed by atoms with Crippen molar-refractivity contribution in [3.63, 3.8) is 0 Å². The molecule has 0 saturated carbocycles. The highest BCUT2D eigenvalue weighted by molar-refractivity contribution is 7.11. The van der Waals surface area contributed by atoms with Crippen molar-refractivity contribution >= 4 is 17.2 Å². The lowest BCUT2D eigenvalue weighted by atomic mass is 9.84. The highest BCUT2D eigenvalue weighted by Gasteiger charge is 2.35. The zero-order valence-corrected chi connectivity index (χ0v) is 13.7. The van der Waals surface area contributed by atoms with Gasteiger partial charge in [0.15, 0.2) is 5.06 Å². The van der Waals surface area contributed by atoms with Crippen LogP contribution in [0.1, 0.15) is 23.2 Å². The van der Waals surface area contributed by atoms with Crippen LogP contribution in [0.25, 0.3) is 0 Å². The van der Waals surface area contributed by atoms with Gasteiger partial charge in [-0.05, 0) is 61.5 Å². The summed E-state index contributed by atoms with van der Waals surface area (Å²) in [5.74, 6) is 1.21. The number of nitrogens with one attached hydrogen (secondary N) is 1. The van der Waals surface area contributed by atoms with Crippen LogP contribution in [-0.4, -0.2) is 36.5 Å². The number of carbonyl (C=O) groups is 1. The molecule has 1 amide bonds. The van der Waals surface area contributed by atoms with Crippen molar-refractivity contribution in [3.8, 4) is 10.8 Å². The minimum atomic E-state index is -0.0316. The van der Waals surface area contributed by atoms with Gasteiger partial charge in [0.2, 0.25) is 0 Å². The Kier molecular flexibility index (Phi) is 4.06. The van der Waals surface area contributed by atoms with Gasteiger partial charge in [0.1, 0.15) is 5.75 Å². The van der Waals surface area contributed by atoms with Gasteiger partial charge < -0.3 is 15.0 Å².